The van der Waals surface area contributed by atoms with Crippen molar-refractivity contribution in [3.8, 4) is 0 Å². The number of rotatable bonds is 10. The van der Waals surface area contributed by atoms with Crippen LogP contribution in [0.3, 0.4) is 0 Å². The van der Waals surface area contributed by atoms with E-state index in [0.29, 0.717) is 6.61 Å². The summed E-state index contributed by atoms with van der Waals surface area (Å²) < 4.78 is 5.61. The first-order valence-electron chi connectivity index (χ1n) is 6.80. The fraction of sp³-hybridized carbons (Fsp3) is 0.533. The predicted molar refractivity (Wildman–Crippen MR) is 79.4 cm³/mol. The van der Waals surface area contributed by atoms with E-state index in [-0.39, 0.29) is 0 Å². The molecule has 0 aliphatic rings. The monoisotopic (exact) mass is 282 g/mol. The maximum Gasteiger partial charge on any atom is 0.328 e. The van der Waals surface area contributed by atoms with Crippen molar-refractivity contribution in [2.24, 2.45) is 0 Å². The fourth-order valence-corrected chi connectivity index (χ4v) is 2.55. The van der Waals surface area contributed by atoms with E-state index in [1.54, 1.807) is 17.4 Å². The van der Waals surface area contributed by atoms with Gasteiger partial charge in [-0.25, -0.2) is 4.79 Å². The van der Waals surface area contributed by atoms with Crippen LogP contribution < -0.4 is 0 Å². The molecule has 1 aromatic rings. The van der Waals surface area contributed by atoms with Crippen molar-refractivity contribution in [1.29, 1.82) is 0 Å². The lowest BCUT2D eigenvalue weighted by Crippen LogP contribution is -1.93. The Bertz CT molecular complexity index is 396. The molecule has 0 saturated carbocycles. The van der Waals surface area contributed by atoms with Crippen LogP contribution in [0.1, 0.15) is 48.8 Å². The predicted octanol–water partition coefficient (Wildman–Crippen LogP) is 4.33. The highest BCUT2D eigenvalue weighted by atomic mass is 32.1. The molecular weight excluding hydrogens is 260 g/mol. The van der Waals surface area contributed by atoms with Crippen molar-refractivity contribution in [3.05, 3.63) is 28.0 Å². The number of unbranched alkanes of at least 4 members (excludes halogenated alkanes) is 4. The third-order valence-corrected chi connectivity index (χ3v) is 3.73. The Labute approximate surface area is 118 Å². The van der Waals surface area contributed by atoms with E-state index in [1.165, 1.54) is 25.7 Å². The SMILES string of the molecule is CCCCCCCOCc1ccc(C=CC(=O)O)s1. The van der Waals surface area contributed by atoms with Crippen LogP contribution in [0.2, 0.25) is 0 Å². The second kappa shape index (κ2) is 9.75. The largest absolute Gasteiger partial charge is 0.478 e. The molecule has 0 atom stereocenters. The van der Waals surface area contributed by atoms with Crippen LogP contribution >= 0.6 is 11.3 Å². The van der Waals surface area contributed by atoms with Crippen molar-refractivity contribution < 1.29 is 14.6 Å². The van der Waals surface area contributed by atoms with Crippen molar-refractivity contribution in [3.63, 3.8) is 0 Å². The minimum Gasteiger partial charge on any atom is -0.478 e. The van der Waals surface area contributed by atoms with Gasteiger partial charge < -0.3 is 9.84 Å². The minimum atomic E-state index is -0.918. The Morgan fingerprint density at radius 3 is 2.84 bits per heavy atom. The van der Waals surface area contributed by atoms with Gasteiger partial charge in [0.1, 0.15) is 0 Å². The molecule has 0 saturated heterocycles. The number of carbonyl (C=O) groups is 1. The first-order chi connectivity index (χ1) is 9.22. The highest BCUT2D eigenvalue weighted by molar-refractivity contribution is 7.12. The number of hydrogen-bond donors (Lipinski definition) is 1. The van der Waals surface area contributed by atoms with E-state index in [4.69, 9.17) is 9.84 Å². The summed E-state index contributed by atoms with van der Waals surface area (Å²) in [5.74, 6) is -0.918. The number of aliphatic carboxylic acids is 1. The van der Waals surface area contributed by atoms with E-state index >= 15 is 0 Å². The number of carboxylic acids is 1. The van der Waals surface area contributed by atoms with Crippen molar-refractivity contribution in [1.82, 2.24) is 0 Å². The second-order valence-corrected chi connectivity index (χ2v) is 5.64. The minimum absolute atomic E-state index is 0.624. The average Bonchev–Trinajstić information content (AvgIpc) is 2.83. The molecule has 1 aromatic heterocycles. The molecule has 0 radical (unpaired) electrons. The molecule has 3 nitrogen and oxygen atoms in total. The highest BCUT2D eigenvalue weighted by Crippen LogP contribution is 2.18. The molecule has 1 heterocycles. The molecule has 1 N–H and O–H groups in total. The molecular formula is C15H22O3S. The number of hydrogen-bond acceptors (Lipinski definition) is 3. The summed E-state index contributed by atoms with van der Waals surface area (Å²) in [4.78, 5) is 12.5. The van der Waals surface area contributed by atoms with Crippen LogP contribution in [-0.4, -0.2) is 17.7 Å². The number of ether oxygens (including phenoxy) is 1. The highest BCUT2D eigenvalue weighted by Gasteiger charge is 1.99. The van der Waals surface area contributed by atoms with Crippen LogP contribution in [0.4, 0.5) is 0 Å². The van der Waals surface area contributed by atoms with Gasteiger partial charge in [0.05, 0.1) is 6.61 Å². The maximum atomic E-state index is 10.4. The van der Waals surface area contributed by atoms with Gasteiger partial charge in [-0.1, -0.05) is 32.6 Å². The van der Waals surface area contributed by atoms with Gasteiger partial charge in [-0.2, -0.15) is 0 Å². The van der Waals surface area contributed by atoms with Crippen LogP contribution in [0.15, 0.2) is 18.2 Å². The lowest BCUT2D eigenvalue weighted by Gasteiger charge is -2.02. The van der Waals surface area contributed by atoms with Crippen LogP contribution in [0.5, 0.6) is 0 Å². The summed E-state index contributed by atoms with van der Waals surface area (Å²) in [6, 6.07) is 3.91. The van der Waals surface area contributed by atoms with Gasteiger partial charge >= 0.3 is 5.97 Å². The summed E-state index contributed by atoms with van der Waals surface area (Å²) in [7, 11) is 0. The van der Waals surface area contributed by atoms with Gasteiger partial charge in [0.25, 0.3) is 0 Å². The van der Waals surface area contributed by atoms with Crippen LogP contribution in [0, 0.1) is 0 Å². The molecule has 1 rings (SSSR count). The summed E-state index contributed by atoms with van der Waals surface area (Å²) >= 11 is 1.57. The van der Waals surface area contributed by atoms with Crippen molar-refractivity contribution >= 4 is 23.4 Å². The zero-order valence-electron chi connectivity index (χ0n) is 11.4. The van der Waals surface area contributed by atoms with Crippen LogP contribution in [-0.2, 0) is 16.1 Å². The van der Waals surface area contributed by atoms with Gasteiger partial charge in [-0.15, -0.1) is 11.3 Å². The first-order valence-corrected chi connectivity index (χ1v) is 7.61. The summed E-state index contributed by atoms with van der Waals surface area (Å²) in [6.45, 7) is 3.64. The third-order valence-electron chi connectivity index (χ3n) is 2.71. The molecule has 0 spiro atoms. The fourth-order valence-electron chi connectivity index (χ4n) is 1.70. The molecule has 0 aliphatic heterocycles. The standard InChI is InChI=1S/C15H22O3S/c1-2-3-4-5-6-11-18-12-14-8-7-13(19-14)9-10-15(16)17/h7-10H,2-6,11-12H2,1H3,(H,16,17). The Morgan fingerprint density at radius 2 is 2.11 bits per heavy atom. The number of thiophene rings is 1. The third kappa shape index (κ3) is 7.80. The zero-order valence-corrected chi connectivity index (χ0v) is 12.2. The lowest BCUT2D eigenvalue weighted by molar-refractivity contribution is -0.131. The van der Waals surface area contributed by atoms with E-state index in [9.17, 15) is 4.79 Å². The molecule has 0 unspecified atom stereocenters. The average molecular weight is 282 g/mol. The quantitative estimate of drug-likeness (QED) is 0.513. The van der Waals surface area contributed by atoms with E-state index < -0.39 is 5.97 Å². The van der Waals surface area contributed by atoms with Gasteiger partial charge in [-0.3, -0.25) is 0 Å². The van der Waals surface area contributed by atoms with Gasteiger partial charge in [0, 0.05) is 22.4 Å². The summed E-state index contributed by atoms with van der Waals surface area (Å²) in [5.41, 5.74) is 0. The Kier molecular flexibility index (Phi) is 8.18. The maximum absolute atomic E-state index is 10.4. The normalized spacial score (nSPS) is 11.2. The topological polar surface area (TPSA) is 46.5 Å². The Morgan fingerprint density at radius 1 is 1.32 bits per heavy atom. The van der Waals surface area contributed by atoms with E-state index in [1.807, 2.05) is 12.1 Å². The molecule has 0 amide bonds. The van der Waals surface area contributed by atoms with Gasteiger partial charge in [0.15, 0.2) is 0 Å². The first kappa shape index (κ1) is 15.9. The van der Waals surface area contributed by atoms with Gasteiger partial charge in [-0.05, 0) is 24.6 Å². The molecule has 19 heavy (non-hydrogen) atoms. The molecule has 106 valence electrons. The number of carboxylic acid groups (broad SMARTS) is 1. The lowest BCUT2D eigenvalue weighted by atomic mass is 10.2. The Balaban J connectivity index is 2.14. The van der Waals surface area contributed by atoms with Crippen molar-refractivity contribution in [2.45, 2.75) is 45.6 Å². The molecule has 4 heteroatoms. The van der Waals surface area contributed by atoms with E-state index in [0.717, 1.165) is 28.9 Å². The summed E-state index contributed by atoms with van der Waals surface area (Å²) in [5, 5.41) is 8.54. The van der Waals surface area contributed by atoms with E-state index in [2.05, 4.69) is 6.92 Å². The smallest absolute Gasteiger partial charge is 0.328 e. The van der Waals surface area contributed by atoms with Crippen molar-refractivity contribution in [2.75, 3.05) is 6.61 Å². The molecule has 0 bridgehead atoms. The van der Waals surface area contributed by atoms with Gasteiger partial charge in [0.2, 0.25) is 0 Å². The zero-order chi connectivity index (χ0) is 13.9. The molecule has 0 aromatic carbocycles. The second-order valence-electron chi connectivity index (χ2n) is 4.44. The molecule has 0 fully saturated rings. The Hall–Kier alpha value is -1.13. The molecule has 0 aliphatic carbocycles. The summed E-state index contributed by atoms with van der Waals surface area (Å²) in [6.07, 6.45) is 9.00. The van der Waals surface area contributed by atoms with Crippen LogP contribution in [0.25, 0.3) is 6.08 Å².